The lowest BCUT2D eigenvalue weighted by atomic mass is 10.0. The highest BCUT2D eigenvalue weighted by molar-refractivity contribution is 5.92. The Labute approximate surface area is 213 Å². The number of hydrogen-bond acceptors (Lipinski definition) is 4. The van der Waals surface area contributed by atoms with E-state index in [4.69, 9.17) is 0 Å². The predicted octanol–water partition coefficient (Wildman–Crippen LogP) is 2.08. The van der Waals surface area contributed by atoms with Gasteiger partial charge in [-0.3, -0.25) is 4.79 Å². The average molecular weight is 506 g/mol. The Morgan fingerprint density at radius 2 is 1.78 bits per heavy atom. The number of carbonyl (C=O) groups excluding carboxylic acids is 3. The molecule has 37 heavy (non-hydrogen) atoms. The van der Waals surface area contributed by atoms with Crippen LogP contribution in [0.25, 0.3) is 11.0 Å². The first kappa shape index (κ1) is 24.4. The molecular formula is C26H31N7O4. The molecule has 2 aliphatic heterocycles. The molecule has 5 amide bonds. The minimum atomic E-state index is -0.757. The molecule has 0 unspecified atom stereocenters. The number of aromatic amines is 2. The SMILES string of the molecule is CN(C)C(=O)[C@@H](Cc1ccc2[nH]c(=O)[nH]c2c1)NC(=O)N1CCC(N2Cc3ccccc3NC2=O)CC1. The van der Waals surface area contributed by atoms with Gasteiger partial charge in [-0.15, -0.1) is 0 Å². The number of carbonyl (C=O) groups is 3. The molecule has 0 aliphatic carbocycles. The highest BCUT2D eigenvalue weighted by Gasteiger charge is 2.33. The number of nitrogens with zero attached hydrogens (tertiary/aromatic N) is 3. The smallest absolute Gasteiger partial charge is 0.323 e. The van der Waals surface area contributed by atoms with Gasteiger partial charge in [0.25, 0.3) is 0 Å². The second-order valence-corrected chi connectivity index (χ2v) is 9.83. The van der Waals surface area contributed by atoms with Gasteiger partial charge in [-0.05, 0) is 42.2 Å². The minimum absolute atomic E-state index is 0.0341. The Hall–Kier alpha value is -4.28. The number of rotatable bonds is 5. The number of aromatic nitrogens is 2. The number of benzene rings is 2. The van der Waals surface area contributed by atoms with Gasteiger partial charge in [0.1, 0.15) is 6.04 Å². The summed E-state index contributed by atoms with van der Waals surface area (Å²) < 4.78 is 0. The van der Waals surface area contributed by atoms with Gasteiger partial charge in [-0.2, -0.15) is 0 Å². The molecule has 2 aliphatic rings. The number of urea groups is 2. The molecule has 11 nitrogen and oxygen atoms in total. The van der Waals surface area contributed by atoms with E-state index in [2.05, 4.69) is 20.6 Å². The van der Waals surface area contributed by atoms with Crippen LogP contribution in [0.15, 0.2) is 47.3 Å². The van der Waals surface area contributed by atoms with Crippen molar-refractivity contribution in [2.24, 2.45) is 0 Å². The zero-order chi connectivity index (χ0) is 26.1. The van der Waals surface area contributed by atoms with Crippen LogP contribution in [0.2, 0.25) is 0 Å². The monoisotopic (exact) mass is 505 g/mol. The molecule has 0 bridgehead atoms. The number of piperidine rings is 1. The maximum absolute atomic E-state index is 13.2. The Balaban J connectivity index is 1.22. The number of likely N-dealkylation sites (N-methyl/N-ethyl adjacent to an activating group) is 1. The van der Waals surface area contributed by atoms with E-state index in [9.17, 15) is 19.2 Å². The molecular weight excluding hydrogens is 474 g/mol. The zero-order valence-electron chi connectivity index (χ0n) is 20.9. The molecule has 1 saturated heterocycles. The molecule has 194 valence electrons. The van der Waals surface area contributed by atoms with E-state index in [0.29, 0.717) is 43.5 Å². The van der Waals surface area contributed by atoms with E-state index in [1.54, 1.807) is 25.1 Å². The fourth-order valence-electron chi connectivity index (χ4n) is 5.09. The molecule has 2 aromatic carbocycles. The number of hydrogen-bond donors (Lipinski definition) is 4. The standard InChI is InChI=1S/C26H31N7O4/c1-31(2)23(34)22(14-16-7-8-20-21(13-16)28-24(35)27-20)30-25(36)32-11-9-18(10-12-32)33-15-17-5-3-4-6-19(17)29-26(33)37/h3-8,13,18,22H,9-12,14-15H2,1-2H3,(H,29,37)(H,30,36)(H2,27,28,35)/t22-/m1/s1. The Morgan fingerprint density at radius 1 is 1.05 bits per heavy atom. The maximum atomic E-state index is 13.2. The first-order valence-electron chi connectivity index (χ1n) is 12.4. The highest BCUT2D eigenvalue weighted by atomic mass is 16.2. The molecule has 1 aromatic heterocycles. The average Bonchev–Trinajstić information content (AvgIpc) is 3.26. The Kier molecular flexibility index (Phi) is 6.60. The molecule has 0 spiro atoms. The highest BCUT2D eigenvalue weighted by Crippen LogP contribution is 2.27. The minimum Gasteiger partial charge on any atom is -0.347 e. The van der Waals surface area contributed by atoms with Crippen LogP contribution in [-0.4, -0.2) is 81.9 Å². The van der Waals surface area contributed by atoms with E-state index in [-0.39, 0.29) is 36.1 Å². The Morgan fingerprint density at radius 3 is 2.54 bits per heavy atom. The van der Waals surface area contributed by atoms with Crippen LogP contribution in [0.3, 0.4) is 0 Å². The molecule has 0 radical (unpaired) electrons. The van der Waals surface area contributed by atoms with Crippen LogP contribution < -0.4 is 16.3 Å². The fraction of sp³-hybridized carbons (Fsp3) is 0.385. The summed E-state index contributed by atoms with van der Waals surface area (Å²) >= 11 is 0. The van der Waals surface area contributed by atoms with E-state index in [0.717, 1.165) is 16.8 Å². The lowest BCUT2D eigenvalue weighted by Gasteiger charge is -2.40. The number of anilines is 1. The summed E-state index contributed by atoms with van der Waals surface area (Å²) in [5, 5.41) is 5.87. The summed E-state index contributed by atoms with van der Waals surface area (Å²) in [5.41, 5.74) is 3.78. The quantitative estimate of drug-likeness (QED) is 0.422. The molecule has 3 heterocycles. The molecule has 3 aromatic rings. The summed E-state index contributed by atoms with van der Waals surface area (Å²) in [4.78, 5) is 60.7. The van der Waals surface area contributed by atoms with E-state index in [1.165, 1.54) is 4.90 Å². The van der Waals surface area contributed by atoms with Crippen molar-refractivity contribution in [3.8, 4) is 0 Å². The van der Waals surface area contributed by atoms with E-state index >= 15 is 0 Å². The first-order valence-corrected chi connectivity index (χ1v) is 12.4. The fourth-order valence-corrected chi connectivity index (χ4v) is 5.09. The van der Waals surface area contributed by atoms with Crippen LogP contribution >= 0.6 is 0 Å². The summed E-state index contributed by atoms with van der Waals surface area (Å²) in [6.45, 7) is 1.53. The molecule has 5 rings (SSSR count). The van der Waals surface area contributed by atoms with Gasteiger partial charge in [0.15, 0.2) is 0 Å². The summed E-state index contributed by atoms with van der Waals surface area (Å²) in [7, 11) is 3.31. The normalized spacial score (nSPS) is 16.8. The van der Waals surface area contributed by atoms with Crippen molar-refractivity contribution in [1.82, 2.24) is 30.0 Å². The number of imidazole rings is 1. The van der Waals surface area contributed by atoms with Gasteiger partial charge < -0.3 is 35.3 Å². The second-order valence-electron chi connectivity index (χ2n) is 9.83. The number of H-pyrrole nitrogens is 2. The van der Waals surface area contributed by atoms with Crippen LogP contribution in [0.4, 0.5) is 15.3 Å². The Bertz CT molecular complexity index is 1390. The second kappa shape index (κ2) is 10.00. The number of likely N-dealkylation sites (tertiary alicyclic amines) is 1. The van der Waals surface area contributed by atoms with Crippen molar-refractivity contribution in [2.75, 3.05) is 32.5 Å². The number of amides is 5. The van der Waals surface area contributed by atoms with E-state index < -0.39 is 6.04 Å². The topological polar surface area (TPSA) is 134 Å². The molecule has 11 heteroatoms. The van der Waals surface area contributed by atoms with Crippen molar-refractivity contribution in [1.29, 1.82) is 0 Å². The zero-order valence-corrected chi connectivity index (χ0v) is 20.9. The predicted molar refractivity (Wildman–Crippen MR) is 139 cm³/mol. The third-order valence-corrected chi connectivity index (χ3v) is 7.11. The lowest BCUT2D eigenvalue weighted by molar-refractivity contribution is -0.130. The largest absolute Gasteiger partial charge is 0.347 e. The van der Waals surface area contributed by atoms with Crippen LogP contribution in [-0.2, 0) is 17.8 Å². The lowest BCUT2D eigenvalue weighted by Crippen LogP contribution is -2.55. The van der Waals surface area contributed by atoms with Gasteiger partial charge in [0.2, 0.25) is 5.91 Å². The third-order valence-electron chi connectivity index (χ3n) is 7.11. The molecule has 4 N–H and O–H groups in total. The van der Waals surface area contributed by atoms with Crippen molar-refractivity contribution in [3.05, 3.63) is 64.1 Å². The third kappa shape index (κ3) is 5.16. The van der Waals surface area contributed by atoms with Gasteiger partial charge >= 0.3 is 17.8 Å². The van der Waals surface area contributed by atoms with Crippen molar-refractivity contribution >= 4 is 34.7 Å². The van der Waals surface area contributed by atoms with Crippen molar-refractivity contribution in [3.63, 3.8) is 0 Å². The molecule has 1 atom stereocenters. The number of para-hydroxylation sites is 1. The van der Waals surface area contributed by atoms with Gasteiger partial charge in [0.05, 0.1) is 11.0 Å². The summed E-state index contributed by atoms with van der Waals surface area (Å²) in [6, 6.07) is 12.1. The van der Waals surface area contributed by atoms with E-state index in [1.807, 2.05) is 41.3 Å². The van der Waals surface area contributed by atoms with Crippen molar-refractivity contribution < 1.29 is 14.4 Å². The number of fused-ring (bicyclic) bond motifs is 2. The summed E-state index contributed by atoms with van der Waals surface area (Å²) in [5.74, 6) is -0.213. The molecule has 1 fully saturated rings. The van der Waals surface area contributed by atoms with Gasteiger partial charge in [-0.25, -0.2) is 14.4 Å². The first-order chi connectivity index (χ1) is 17.8. The maximum Gasteiger partial charge on any atom is 0.323 e. The van der Waals surface area contributed by atoms with Gasteiger partial charge in [0, 0.05) is 51.9 Å². The number of nitrogens with one attached hydrogen (secondary N) is 4. The van der Waals surface area contributed by atoms with Crippen molar-refractivity contribution in [2.45, 2.75) is 37.9 Å². The van der Waals surface area contributed by atoms with Crippen LogP contribution in [0.1, 0.15) is 24.0 Å². The summed E-state index contributed by atoms with van der Waals surface area (Å²) in [6.07, 6.45) is 1.61. The van der Waals surface area contributed by atoms with Gasteiger partial charge in [-0.1, -0.05) is 24.3 Å². The van der Waals surface area contributed by atoms with Crippen LogP contribution in [0.5, 0.6) is 0 Å². The molecule has 0 saturated carbocycles. The van der Waals surface area contributed by atoms with Crippen LogP contribution in [0, 0.1) is 0 Å².